The Morgan fingerprint density at radius 2 is 1.86 bits per heavy atom. The molecule has 0 unspecified atom stereocenters. The molecule has 0 spiro atoms. The number of benzene rings is 1. The van der Waals surface area contributed by atoms with E-state index in [2.05, 4.69) is 59.1 Å². The van der Waals surface area contributed by atoms with Crippen LogP contribution in [0.25, 0.3) is 10.9 Å². The van der Waals surface area contributed by atoms with Crippen LogP contribution in [0.1, 0.15) is 11.3 Å². The lowest BCUT2D eigenvalue weighted by molar-refractivity contribution is 0.312. The number of anilines is 2. The second kappa shape index (κ2) is 7.96. The van der Waals surface area contributed by atoms with Gasteiger partial charge >= 0.3 is 0 Å². The predicted molar refractivity (Wildman–Crippen MR) is 128 cm³/mol. The number of piperazine rings is 1. The molecule has 0 bridgehead atoms. The van der Waals surface area contributed by atoms with Crippen LogP contribution in [0, 0.1) is 5.82 Å². The SMILES string of the molecule is CN1CCN(c2ccc(N3CCc4c(c5ccc(F)cc5n4SI)C3)cn2)CC1. The molecule has 2 aliphatic heterocycles. The Morgan fingerprint density at radius 1 is 1.03 bits per heavy atom. The van der Waals surface area contributed by atoms with Gasteiger partial charge < -0.3 is 14.7 Å². The highest BCUT2D eigenvalue weighted by molar-refractivity contribution is 14.2. The molecule has 1 saturated heterocycles. The largest absolute Gasteiger partial charge is 0.365 e. The maximum Gasteiger partial charge on any atom is 0.128 e. The van der Waals surface area contributed by atoms with Gasteiger partial charge in [-0.05, 0) is 37.4 Å². The number of pyridine rings is 1. The molecule has 0 N–H and O–H groups in total. The minimum atomic E-state index is -0.181. The molecule has 0 atom stereocenters. The van der Waals surface area contributed by atoms with Gasteiger partial charge in [0.25, 0.3) is 0 Å². The van der Waals surface area contributed by atoms with Gasteiger partial charge in [-0.2, -0.15) is 0 Å². The van der Waals surface area contributed by atoms with E-state index >= 15 is 0 Å². The topological polar surface area (TPSA) is 27.5 Å². The van der Waals surface area contributed by atoms with Crippen LogP contribution in [0.5, 0.6) is 0 Å². The standard InChI is InChI=1S/C21H23FIN5S/c1-25-8-10-26(11-9-25)21-5-3-16(13-24-21)27-7-6-19-18(14-27)17-4-2-15(22)12-20(17)28(19)29-23/h2-5,12-13H,6-11,14H2,1H3. The highest BCUT2D eigenvalue weighted by atomic mass is 127. The van der Waals surface area contributed by atoms with Gasteiger partial charge in [0.1, 0.15) is 11.6 Å². The van der Waals surface area contributed by atoms with Crippen molar-refractivity contribution < 1.29 is 4.39 Å². The van der Waals surface area contributed by atoms with Gasteiger partial charge in [0, 0.05) is 92.7 Å². The van der Waals surface area contributed by atoms with E-state index < -0.39 is 0 Å². The van der Waals surface area contributed by atoms with Gasteiger partial charge in [-0.3, -0.25) is 3.97 Å². The van der Waals surface area contributed by atoms with Crippen molar-refractivity contribution in [3.63, 3.8) is 0 Å². The molecule has 5 rings (SSSR count). The molecule has 5 nitrogen and oxygen atoms in total. The van der Waals surface area contributed by atoms with E-state index in [1.165, 1.54) is 11.3 Å². The highest BCUT2D eigenvalue weighted by Crippen LogP contribution is 2.37. The van der Waals surface area contributed by atoms with Crippen LogP contribution >= 0.6 is 30.3 Å². The quantitative estimate of drug-likeness (QED) is 0.477. The van der Waals surface area contributed by atoms with Gasteiger partial charge in [0.2, 0.25) is 0 Å². The third kappa shape index (κ3) is 3.59. The number of halogens is 2. The molecule has 1 fully saturated rings. The zero-order valence-corrected chi connectivity index (χ0v) is 19.3. The summed E-state index contributed by atoms with van der Waals surface area (Å²) in [7, 11) is 3.79. The summed E-state index contributed by atoms with van der Waals surface area (Å²) < 4.78 is 16.0. The van der Waals surface area contributed by atoms with Crippen molar-refractivity contribution >= 4 is 52.7 Å². The average molecular weight is 523 g/mol. The molecule has 2 aliphatic rings. The Bertz CT molecular complexity index is 1030. The Morgan fingerprint density at radius 3 is 2.59 bits per heavy atom. The second-order valence-electron chi connectivity index (χ2n) is 7.79. The van der Waals surface area contributed by atoms with Gasteiger partial charge in [-0.15, -0.1) is 0 Å². The van der Waals surface area contributed by atoms with E-state index in [-0.39, 0.29) is 5.82 Å². The Balaban J connectivity index is 1.40. The predicted octanol–water partition coefficient (Wildman–Crippen LogP) is 4.34. The molecule has 0 saturated carbocycles. The Kier molecular flexibility index (Phi) is 5.34. The van der Waals surface area contributed by atoms with Crippen molar-refractivity contribution in [1.82, 2.24) is 13.9 Å². The fourth-order valence-corrected chi connectivity index (χ4v) is 6.24. The lowest BCUT2D eigenvalue weighted by atomic mass is 10.0. The molecule has 1 aromatic carbocycles. The molecule has 29 heavy (non-hydrogen) atoms. The maximum atomic E-state index is 13.8. The number of aromatic nitrogens is 2. The first-order valence-corrected chi connectivity index (χ1v) is 13.2. The smallest absolute Gasteiger partial charge is 0.128 e. The van der Waals surface area contributed by atoms with Crippen LogP contribution in [0.2, 0.25) is 0 Å². The van der Waals surface area contributed by atoms with Crippen LogP contribution in [-0.2, 0) is 13.0 Å². The monoisotopic (exact) mass is 523 g/mol. The molecular weight excluding hydrogens is 500 g/mol. The number of likely N-dealkylation sites (N-methyl/N-ethyl adjacent to an activating group) is 1. The van der Waals surface area contributed by atoms with Crippen molar-refractivity contribution in [2.75, 3.05) is 49.6 Å². The van der Waals surface area contributed by atoms with Crippen LogP contribution in [0.15, 0.2) is 36.5 Å². The van der Waals surface area contributed by atoms with Crippen molar-refractivity contribution in [3.8, 4) is 0 Å². The molecule has 2 aromatic heterocycles. The fourth-order valence-electron chi connectivity index (χ4n) is 4.38. The van der Waals surface area contributed by atoms with Crippen molar-refractivity contribution in [3.05, 3.63) is 53.6 Å². The summed E-state index contributed by atoms with van der Waals surface area (Å²) in [6.07, 6.45) is 2.95. The lowest BCUT2D eigenvalue weighted by Gasteiger charge is -2.34. The van der Waals surface area contributed by atoms with Crippen LogP contribution in [-0.4, -0.2) is 53.6 Å². The number of hydrogen-bond acceptors (Lipinski definition) is 5. The molecule has 4 heterocycles. The molecule has 0 radical (unpaired) electrons. The molecule has 8 heteroatoms. The first kappa shape index (κ1) is 19.4. The number of rotatable bonds is 3. The molecular formula is C21H23FIN5S. The molecule has 152 valence electrons. The third-order valence-electron chi connectivity index (χ3n) is 6.06. The Hall–Kier alpha value is -1.52. The molecule has 3 aromatic rings. The van der Waals surface area contributed by atoms with Gasteiger partial charge in [-0.1, -0.05) is 0 Å². The summed E-state index contributed by atoms with van der Waals surface area (Å²) in [6.45, 7) is 5.99. The normalized spacial score (nSPS) is 17.8. The van der Waals surface area contributed by atoms with E-state index in [0.29, 0.717) is 0 Å². The fraction of sp³-hybridized carbons (Fsp3) is 0.381. The highest BCUT2D eigenvalue weighted by Gasteiger charge is 2.25. The minimum absolute atomic E-state index is 0.181. The summed E-state index contributed by atoms with van der Waals surface area (Å²) >= 11 is 2.28. The number of fused-ring (bicyclic) bond motifs is 3. The minimum Gasteiger partial charge on any atom is -0.365 e. The summed E-state index contributed by atoms with van der Waals surface area (Å²) in [5.74, 6) is 0.882. The van der Waals surface area contributed by atoms with Crippen molar-refractivity contribution in [2.24, 2.45) is 0 Å². The average Bonchev–Trinajstić information content (AvgIpc) is 3.06. The molecule has 0 amide bonds. The number of hydrogen-bond donors (Lipinski definition) is 0. The van der Waals surface area contributed by atoms with E-state index in [1.807, 2.05) is 12.3 Å². The van der Waals surface area contributed by atoms with Gasteiger partial charge in [0.15, 0.2) is 0 Å². The third-order valence-corrected chi connectivity index (χ3v) is 7.80. The second-order valence-corrected chi connectivity index (χ2v) is 9.47. The van der Waals surface area contributed by atoms with Crippen LogP contribution < -0.4 is 9.80 Å². The van der Waals surface area contributed by atoms with Crippen molar-refractivity contribution in [2.45, 2.75) is 13.0 Å². The van der Waals surface area contributed by atoms with E-state index in [0.717, 1.165) is 68.1 Å². The first-order valence-electron chi connectivity index (χ1n) is 9.89. The summed E-state index contributed by atoms with van der Waals surface area (Å²) in [4.78, 5) is 11.9. The van der Waals surface area contributed by atoms with Crippen LogP contribution in [0.4, 0.5) is 15.9 Å². The maximum absolute atomic E-state index is 13.8. The van der Waals surface area contributed by atoms with Gasteiger partial charge in [0.05, 0.1) is 17.4 Å². The Labute approximate surface area is 186 Å². The summed E-state index contributed by atoms with van der Waals surface area (Å²) in [5.41, 5.74) is 4.74. The number of nitrogens with zero attached hydrogens (tertiary/aromatic N) is 5. The van der Waals surface area contributed by atoms with E-state index in [1.54, 1.807) is 21.3 Å². The zero-order valence-electron chi connectivity index (χ0n) is 16.3. The summed E-state index contributed by atoms with van der Waals surface area (Å²) in [6, 6.07) is 9.48. The van der Waals surface area contributed by atoms with Crippen LogP contribution in [0.3, 0.4) is 0 Å². The summed E-state index contributed by atoms with van der Waals surface area (Å²) in [5, 5.41) is 1.15. The lowest BCUT2D eigenvalue weighted by Crippen LogP contribution is -2.44. The first-order chi connectivity index (χ1) is 14.1. The molecule has 0 aliphatic carbocycles. The van der Waals surface area contributed by atoms with E-state index in [9.17, 15) is 4.39 Å². The van der Waals surface area contributed by atoms with Crippen molar-refractivity contribution in [1.29, 1.82) is 0 Å². The zero-order chi connectivity index (χ0) is 20.0. The van der Waals surface area contributed by atoms with E-state index in [4.69, 9.17) is 4.98 Å². The van der Waals surface area contributed by atoms with Gasteiger partial charge in [-0.25, -0.2) is 9.37 Å².